The second-order valence-corrected chi connectivity index (χ2v) is 9.40. The molecule has 1 aliphatic carbocycles. The first kappa shape index (κ1) is 22.6. The number of carbonyl (C=O) groups is 1. The minimum absolute atomic E-state index is 0.0944. The van der Waals surface area contributed by atoms with Crippen LogP contribution in [0.4, 0.5) is 5.69 Å². The molecule has 0 aromatic carbocycles. The molecule has 8 nitrogen and oxygen atoms in total. The number of anilines is 1. The fraction of sp³-hybridized carbons (Fsp3) is 0.625. The highest BCUT2D eigenvalue weighted by Crippen LogP contribution is 2.32. The van der Waals surface area contributed by atoms with Crippen molar-refractivity contribution in [1.29, 1.82) is 0 Å². The summed E-state index contributed by atoms with van der Waals surface area (Å²) in [5, 5.41) is 6.82. The summed E-state index contributed by atoms with van der Waals surface area (Å²) in [6.45, 7) is 7.89. The van der Waals surface area contributed by atoms with Gasteiger partial charge in [0.15, 0.2) is 11.5 Å². The molecule has 0 spiro atoms. The minimum Gasteiger partial charge on any atom is -0.362 e. The number of amides is 1. The maximum atomic E-state index is 13.2. The molecule has 4 rings (SSSR count). The molecule has 0 radical (unpaired) electrons. The predicted octanol–water partition coefficient (Wildman–Crippen LogP) is 4.59. The number of nitrogens with zero attached hydrogens (tertiary/aromatic N) is 3. The van der Waals surface area contributed by atoms with E-state index in [1.807, 2.05) is 24.7 Å². The Balaban J connectivity index is 1.56. The Hall–Kier alpha value is -2.61. The first-order valence-corrected chi connectivity index (χ1v) is 11.7. The average Bonchev–Trinajstić information content (AvgIpc) is 3.27. The van der Waals surface area contributed by atoms with Gasteiger partial charge in [0.2, 0.25) is 0 Å². The van der Waals surface area contributed by atoms with E-state index in [4.69, 9.17) is 9.26 Å². The normalized spacial score (nSPS) is 21.9. The summed E-state index contributed by atoms with van der Waals surface area (Å²) in [6.07, 6.45) is 10.0. The molecule has 2 aliphatic rings. The van der Waals surface area contributed by atoms with Gasteiger partial charge in [-0.05, 0) is 39.0 Å². The van der Waals surface area contributed by atoms with Gasteiger partial charge in [0, 0.05) is 12.6 Å². The first-order valence-electron chi connectivity index (χ1n) is 11.7. The molecule has 1 amide bonds. The van der Waals surface area contributed by atoms with Crippen LogP contribution in [0.1, 0.15) is 92.0 Å². The molecule has 1 saturated carbocycles. The van der Waals surface area contributed by atoms with E-state index in [0.29, 0.717) is 22.9 Å². The molecule has 0 bridgehead atoms. The van der Waals surface area contributed by atoms with Gasteiger partial charge >= 0.3 is 0 Å². The van der Waals surface area contributed by atoms with E-state index in [2.05, 4.69) is 30.4 Å². The van der Waals surface area contributed by atoms with Crippen LogP contribution in [0.25, 0.3) is 0 Å². The minimum atomic E-state index is -0.445. The van der Waals surface area contributed by atoms with Gasteiger partial charge in [-0.25, -0.2) is 4.68 Å². The van der Waals surface area contributed by atoms with Crippen LogP contribution in [0.15, 0.2) is 21.5 Å². The van der Waals surface area contributed by atoms with Crippen molar-refractivity contribution in [1.82, 2.24) is 14.5 Å². The first-order chi connectivity index (χ1) is 15.3. The van der Waals surface area contributed by atoms with E-state index >= 15 is 0 Å². The van der Waals surface area contributed by atoms with Crippen molar-refractivity contribution in [3.8, 4) is 0 Å². The number of ether oxygens (including phenoxy) is 1. The lowest BCUT2D eigenvalue weighted by Gasteiger charge is -2.27. The summed E-state index contributed by atoms with van der Waals surface area (Å²) in [6, 6.07) is 0.176. The Morgan fingerprint density at radius 1 is 1.22 bits per heavy atom. The number of hydrogen-bond donors (Lipinski definition) is 1. The Morgan fingerprint density at radius 2 is 1.94 bits per heavy atom. The maximum Gasteiger partial charge on any atom is 0.291 e. The van der Waals surface area contributed by atoms with Crippen molar-refractivity contribution in [2.75, 3.05) is 5.32 Å². The highest BCUT2D eigenvalue weighted by Gasteiger charge is 2.30. The summed E-state index contributed by atoms with van der Waals surface area (Å²) in [7, 11) is 1.87. The Morgan fingerprint density at radius 3 is 2.62 bits per heavy atom. The van der Waals surface area contributed by atoms with Crippen LogP contribution in [-0.4, -0.2) is 26.5 Å². The second kappa shape index (κ2) is 9.10. The smallest absolute Gasteiger partial charge is 0.291 e. The fourth-order valence-corrected chi connectivity index (χ4v) is 4.81. The number of nitrogens with one attached hydrogen (secondary N) is 1. The van der Waals surface area contributed by atoms with E-state index in [9.17, 15) is 9.59 Å². The largest absolute Gasteiger partial charge is 0.362 e. The Bertz CT molecular complexity index is 1070. The van der Waals surface area contributed by atoms with Crippen LogP contribution in [0.5, 0.6) is 0 Å². The lowest BCUT2D eigenvalue weighted by molar-refractivity contribution is -0.0317. The molecular weight excluding hydrogens is 408 g/mol. The third kappa shape index (κ3) is 4.08. The Labute approximate surface area is 188 Å². The van der Waals surface area contributed by atoms with Crippen molar-refractivity contribution < 1.29 is 14.1 Å². The van der Waals surface area contributed by atoms with Crippen LogP contribution < -0.4 is 10.9 Å². The average molecular weight is 443 g/mol. The number of hydrogen-bond acceptors (Lipinski definition) is 5. The number of rotatable bonds is 5. The van der Waals surface area contributed by atoms with Crippen LogP contribution >= 0.6 is 0 Å². The van der Waals surface area contributed by atoms with Crippen LogP contribution in [-0.2, 0) is 11.8 Å². The molecule has 2 aromatic heterocycles. The van der Waals surface area contributed by atoms with Crippen molar-refractivity contribution in [2.45, 2.75) is 84.5 Å². The molecule has 32 heavy (non-hydrogen) atoms. The molecule has 1 aliphatic heterocycles. The quantitative estimate of drug-likeness (QED) is 0.684. The van der Waals surface area contributed by atoms with Gasteiger partial charge in [0.1, 0.15) is 11.8 Å². The van der Waals surface area contributed by atoms with Crippen molar-refractivity contribution in [3.63, 3.8) is 0 Å². The van der Waals surface area contributed by atoms with Crippen LogP contribution in [0.2, 0.25) is 0 Å². The predicted molar refractivity (Wildman–Crippen MR) is 122 cm³/mol. The summed E-state index contributed by atoms with van der Waals surface area (Å²) in [5.41, 5.74) is 1.68. The number of aromatic nitrogens is 3. The highest BCUT2D eigenvalue weighted by molar-refractivity contribution is 6.04. The molecule has 8 heteroatoms. The topological polar surface area (TPSA) is 91.3 Å². The standard InChI is InChI=1S/C24H34N4O4/c1-14(2)18-12-9-13-19(31-18)22-15(3)20(26-32-22)23(29)25-21-16(4)27(5)28(24(21)30)17-10-7-6-8-11-17/h9,13-14,17-19H,6-8,10-12H2,1-5H3,(H,25,29)/t18-,19+/m0/s1. The summed E-state index contributed by atoms with van der Waals surface area (Å²) in [5.74, 6) is 0.460. The molecule has 2 atom stereocenters. The van der Waals surface area contributed by atoms with Gasteiger partial charge in [0.25, 0.3) is 11.5 Å². The van der Waals surface area contributed by atoms with Crippen molar-refractivity contribution in [2.24, 2.45) is 13.0 Å². The van der Waals surface area contributed by atoms with Gasteiger partial charge in [-0.2, -0.15) is 0 Å². The van der Waals surface area contributed by atoms with E-state index < -0.39 is 5.91 Å². The fourth-order valence-electron chi connectivity index (χ4n) is 4.81. The zero-order chi connectivity index (χ0) is 23.0. The SMILES string of the molecule is Cc1c(C(=O)Nc2c(C)n(C)n(C3CCCCC3)c2=O)noc1[C@H]1C=CC[C@@H](C(C)C)O1. The summed E-state index contributed by atoms with van der Waals surface area (Å²) >= 11 is 0. The van der Waals surface area contributed by atoms with E-state index in [0.717, 1.165) is 37.8 Å². The molecule has 3 heterocycles. The van der Waals surface area contributed by atoms with Gasteiger partial charge in [0.05, 0.1) is 17.8 Å². The van der Waals surface area contributed by atoms with Gasteiger partial charge in [-0.3, -0.25) is 14.3 Å². The van der Waals surface area contributed by atoms with Gasteiger partial charge in [-0.1, -0.05) is 50.4 Å². The van der Waals surface area contributed by atoms with E-state index in [1.165, 1.54) is 6.42 Å². The molecule has 0 saturated heterocycles. The van der Waals surface area contributed by atoms with Crippen molar-refractivity contribution in [3.05, 3.63) is 45.2 Å². The molecule has 0 unspecified atom stereocenters. The molecule has 1 N–H and O–H groups in total. The third-order valence-corrected chi connectivity index (χ3v) is 6.93. The zero-order valence-corrected chi connectivity index (χ0v) is 19.7. The lowest BCUT2D eigenvalue weighted by atomic mass is 9.96. The maximum absolute atomic E-state index is 13.2. The summed E-state index contributed by atoms with van der Waals surface area (Å²) in [4.78, 5) is 26.2. The summed E-state index contributed by atoms with van der Waals surface area (Å²) < 4.78 is 15.3. The van der Waals surface area contributed by atoms with Crippen LogP contribution in [0.3, 0.4) is 0 Å². The zero-order valence-electron chi connectivity index (χ0n) is 19.7. The van der Waals surface area contributed by atoms with E-state index in [-0.39, 0.29) is 29.5 Å². The van der Waals surface area contributed by atoms with Gasteiger partial charge < -0.3 is 14.6 Å². The van der Waals surface area contributed by atoms with Crippen molar-refractivity contribution >= 4 is 11.6 Å². The molecule has 1 fully saturated rings. The number of carbonyl (C=O) groups excluding carboxylic acids is 1. The van der Waals surface area contributed by atoms with E-state index in [1.54, 1.807) is 11.6 Å². The van der Waals surface area contributed by atoms with Gasteiger partial charge in [-0.15, -0.1) is 0 Å². The molecule has 2 aromatic rings. The Kier molecular flexibility index (Phi) is 6.42. The third-order valence-electron chi connectivity index (χ3n) is 6.93. The molecule has 174 valence electrons. The molecular formula is C24H34N4O4. The lowest BCUT2D eigenvalue weighted by Crippen LogP contribution is -2.29. The second-order valence-electron chi connectivity index (χ2n) is 9.40. The highest BCUT2D eigenvalue weighted by atomic mass is 16.5. The monoisotopic (exact) mass is 442 g/mol. The van der Waals surface area contributed by atoms with Crippen LogP contribution in [0, 0.1) is 19.8 Å².